The van der Waals surface area contributed by atoms with Gasteiger partial charge in [-0.15, -0.1) is 11.3 Å². The molecule has 3 aromatic carbocycles. The molecule has 0 saturated carbocycles. The Bertz CT molecular complexity index is 1590. The van der Waals surface area contributed by atoms with E-state index in [4.69, 9.17) is 39.5 Å². The zero-order valence-electron chi connectivity index (χ0n) is 19.2. The molecule has 12 heteroatoms. The minimum atomic E-state index is -4.10. The van der Waals surface area contributed by atoms with Gasteiger partial charge in [0.1, 0.15) is 4.88 Å². The summed E-state index contributed by atoms with van der Waals surface area (Å²) in [6.45, 7) is -0.653. The lowest BCUT2D eigenvalue weighted by molar-refractivity contribution is -0.116. The number of methoxy groups -OCH3 is 1. The number of carbonyl (C=O) groups is 2. The first-order valence-electron chi connectivity index (χ1n) is 10.7. The van der Waals surface area contributed by atoms with Crippen molar-refractivity contribution in [3.8, 4) is 0 Å². The Morgan fingerprint density at radius 2 is 1.65 bits per heavy atom. The molecule has 0 aliphatic rings. The highest BCUT2D eigenvalue weighted by molar-refractivity contribution is 7.89. The van der Waals surface area contributed by atoms with Crippen LogP contribution in [0.3, 0.4) is 0 Å². The molecule has 0 atom stereocenters. The number of amides is 1. The number of hydrogen-bond acceptors (Lipinski definition) is 6. The predicted octanol–water partition coefficient (Wildman–Crippen LogP) is 6.48. The van der Waals surface area contributed by atoms with Crippen LogP contribution in [0.5, 0.6) is 0 Å². The Balaban J connectivity index is 1.60. The zero-order chi connectivity index (χ0) is 26.7. The monoisotopic (exact) mass is 596 g/mol. The van der Waals surface area contributed by atoms with Crippen LogP contribution in [-0.2, 0) is 26.1 Å². The van der Waals surface area contributed by atoms with Crippen LogP contribution in [0.2, 0.25) is 15.1 Å². The summed E-state index contributed by atoms with van der Waals surface area (Å²) in [6.07, 6.45) is 0. The summed E-state index contributed by atoms with van der Waals surface area (Å²) in [5.74, 6) is -1.01. The number of ether oxygens (including phenoxy) is 1. The minimum Gasteiger partial charge on any atom is -0.465 e. The highest BCUT2D eigenvalue weighted by Crippen LogP contribution is 2.29. The van der Waals surface area contributed by atoms with Crippen LogP contribution in [0.4, 0.5) is 5.69 Å². The van der Waals surface area contributed by atoms with Gasteiger partial charge < -0.3 is 10.1 Å². The predicted molar refractivity (Wildman–Crippen MR) is 147 cm³/mol. The van der Waals surface area contributed by atoms with Gasteiger partial charge in [0.2, 0.25) is 15.9 Å². The molecule has 4 rings (SSSR count). The summed E-state index contributed by atoms with van der Waals surface area (Å²) in [5, 5.41) is 4.52. The van der Waals surface area contributed by atoms with Gasteiger partial charge in [-0.3, -0.25) is 4.79 Å². The molecule has 0 radical (unpaired) electrons. The summed E-state index contributed by atoms with van der Waals surface area (Å²) in [4.78, 5) is 25.2. The van der Waals surface area contributed by atoms with E-state index in [0.29, 0.717) is 26.2 Å². The average molecular weight is 598 g/mol. The van der Waals surface area contributed by atoms with Crippen molar-refractivity contribution in [3.05, 3.63) is 92.2 Å². The fourth-order valence-electron chi connectivity index (χ4n) is 3.50. The van der Waals surface area contributed by atoms with E-state index in [-0.39, 0.29) is 16.5 Å². The summed E-state index contributed by atoms with van der Waals surface area (Å²) in [7, 11) is -2.80. The second-order valence-corrected chi connectivity index (χ2v) is 12.2. The van der Waals surface area contributed by atoms with Crippen LogP contribution in [0.15, 0.2) is 71.6 Å². The van der Waals surface area contributed by atoms with Crippen molar-refractivity contribution in [2.45, 2.75) is 11.4 Å². The van der Waals surface area contributed by atoms with Gasteiger partial charge in [-0.25, -0.2) is 13.2 Å². The van der Waals surface area contributed by atoms with E-state index in [1.54, 1.807) is 36.4 Å². The first-order chi connectivity index (χ1) is 17.6. The Kier molecular flexibility index (Phi) is 8.42. The van der Waals surface area contributed by atoms with Crippen LogP contribution in [0, 0.1) is 0 Å². The van der Waals surface area contributed by atoms with Gasteiger partial charge in [0, 0.05) is 32.0 Å². The summed E-state index contributed by atoms with van der Waals surface area (Å²) >= 11 is 19.5. The van der Waals surface area contributed by atoms with Gasteiger partial charge in [-0.2, -0.15) is 4.31 Å². The van der Waals surface area contributed by atoms with E-state index in [1.165, 1.54) is 48.8 Å². The number of esters is 1. The number of thiophene rings is 1. The summed E-state index contributed by atoms with van der Waals surface area (Å²) < 4.78 is 33.6. The molecule has 0 fully saturated rings. The van der Waals surface area contributed by atoms with E-state index in [0.717, 1.165) is 14.4 Å². The van der Waals surface area contributed by atoms with Gasteiger partial charge >= 0.3 is 5.97 Å². The molecule has 1 amide bonds. The van der Waals surface area contributed by atoms with Crippen molar-refractivity contribution in [3.63, 3.8) is 0 Å². The van der Waals surface area contributed by atoms with Gasteiger partial charge in [0.25, 0.3) is 0 Å². The smallest absolute Gasteiger partial charge is 0.348 e. The normalized spacial score (nSPS) is 11.6. The van der Waals surface area contributed by atoms with E-state index < -0.39 is 28.4 Å². The maximum atomic E-state index is 13.5. The number of hydrogen-bond donors (Lipinski definition) is 1. The van der Waals surface area contributed by atoms with Gasteiger partial charge in [0.15, 0.2) is 0 Å². The first kappa shape index (κ1) is 27.4. The van der Waals surface area contributed by atoms with Crippen LogP contribution >= 0.6 is 46.1 Å². The van der Waals surface area contributed by atoms with Crippen molar-refractivity contribution in [2.24, 2.45) is 0 Å². The standard InChI is InChI=1S/C25H19Cl3N2O5S2/c1-35-25(32)23-11-16-10-19(6-9-22(16)36-23)29-24(31)14-30(13-15-2-3-18(27)12-21(15)28)37(33,34)20-7-4-17(26)5-8-20/h2-12H,13-14H2,1H3,(H,29,31). The Morgan fingerprint density at radius 1 is 0.946 bits per heavy atom. The number of rotatable bonds is 8. The quantitative estimate of drug-likeness (QED) is 0.235. The second kappa shape index (κ2) is 11.4. The second-order valence-electron chi connectivity index (χ2n) is 7.87. The van der Waals surface area contributed by atoms with Crippen molar-refractivity contribution >= 4 is 83.8 Å². The molecule has 7 nitrogen and oxygen atoms in total. The largest absolute Gasteiger partial charge is 0.465 e. The molecule has 0 spiro atoms. The zero-order valence-corrected chi connectivity index (χ0v) is 23.1. The summed E-state index contributed by atoms with van der Waals surface area (Å²) in [6, 6.07) is 17.2. The maximum Gasteiger partial charge on any atom is 0.348 e. The highest BCUT2D eigenvalue weighted by atomic mass is 35.5. The van der Waals surface area contributed by atoms with E-state index in [9.17, 15) is 18.0 Å². The van der Waals surface area contributed by atoms with Crippen LogP contribution in [0.25, 0.3) is 10.1 Å². The highest BCUT2D eigenvalue weighted by Gasteiger charge is 2.28. The van der Waals surface area contributed by atoms with E-state index in [2.05, 4.69) is 5.32 Å². The maximum absolute atomic E-state index is 13.5. The minimum absolute atomic E-state index is 0.0233. The molecule has 37 heavy (non-hydrogen) atoms. The first-order valence-corrected chi connectivity index (χ1v) is 14.1. The van der Waals surface area contributed by atoms with Crippen molar-refractivity contribution < 1.29 is 22.7 Å². The molecule has 1 aromatic heterocycles. The third-order valence-corrected chi connectivity index (χ3v) is 9.06. The van der Waals surface area contributed by atoms with Crippen molar-refractivity contribution in [1.82, 2.24) is 4.31 Å². The Morgan fingerprint density at radius 3 is 2.32 bits per heavy atom. The molecule has 0 aliphatic carbocycles. The SMILES string of the molecule is COC(=O)c1cc2cc(NC(=O)CN(Cc3ccc(Cl)cc3Cl)S(=O)(=O)c3ccc(Cl)cc3)ccc2s1. The third-order valence-electron chi connectivity index (χ3n) is 5.32. The number of carbonyl (C=O) groups excluding carboxylic acids is 2. The molecular weight excluding hydrogens is 579 g/mol. The number of anilines is 1. The molecule has 1 N–H and O–H groups in total. The molecule has 0 aliphatic heterocycles. The van der Waals surface area contributed by atoms with Gasteiger partial charge in [-0.05, 0) is 71.6 Å². The lowest BCUT2D eigenvalue weighted by Gasteiger charge is -2.22. The van der Waals surface area contributed by atoms with E-state index in [1.807, 2.05) is 0 Å². The van der Waals surface area contributed by atoms with E-state index >= 15 is 0 Å². The number of benzene rings is 3. The molecule has 4 aromatic rings. The van der Waals surface area contributed by atoms with Gasteiger partial charge in [0.05, 0.1) is 18.6 Å². The lowest BCUT2D eigenvalue weighted by atomic mass is 10.2. The topological polar surface area (TPSA) is 92.8 Å². The fourth-order valence-corrected chi connectivity index (χ4v) is 6.43. The van der Waals surface area contributed by atoms with Crippen molar-refractivity contribution in [1.29, 1.82) is 0 Å². The third kappa shape index (κ3) is 6.43. The average Bonchev–Trinajstić information content (AvgIpc) is 3.28. The van der Waals surface area contributed by atoms with Gasteiger partial charge in [-0.1, -0.05) is 40.9 Å². The Hall–Kier alpha value is -2.66. The number of fused-ring (bicyclic) bond motifs is 1. The lowest BCUT2D eigenvalue weighted by Crippen LogP contribution is -2.37. The number of nitrogens with one attached hydrogen (secondary N) is 1. The Labute approximate surface area is 232 Å². The number of nitrogens with zero attached hydrogens (tertiary/aromatic N) is 1. The molecular formula is C25H19Cl3N2O5S2. The summed E-state index contributed by atoms with van der Waals surface area (Å²) in [5.41, 5.74) is 0.923. The number of sulfonamides is 1. The molecule has 0 saturated heterocycles. The molecule has 1 heterocycles. The molecule has 0 bridgehead atoms. The van der Waals surface area contributed by atoms with Crippen LogP contribution in [0.1, 0.15) is 15.2 Å². The van der Waals surface area contributed by atoms with Crippen LogP contribution < -0.4 is 5.32 Å². The molecule has 0 unspecified atom stereocenters. The fraction of sp³-hybridized carbons (Fsp3) is 0.120. The van der Waals surface area contributed by atoms with Crippen LogP contribution in [-0.4, -0.2) is 38.3 Å². The number of halogens is 3. The molecule has 192 valence electrons. The van der Waals surface area contributed by atoms with Crippen molar-refractivity contribution in [2.75, 3.05) is 19.0 Å².